The minimum atomic E-state index is -0.959. The molecule has 2 rings (SSSR count). The molecule has 2 N–H and O–H groups in total. The molecule has 1 amide bonds. The van der Waals surface area contributed by atoms with Gasteiger partial charge in [0.05, 0.1) is 10.7 Å². The Balaban J connectivity index is 2.16. The number of aromatic nitrogens is 1. The van der Waals surface area contributed by atoms with Crippen LogP contribution in [0.2, 0.25) is 0 Å². The molecule has 0 aromatic carbocycles. The molecular formula is C14H20N2O3S. The summed E-state index contributed by atoms with van der Waals surface area (Å²) in [6, 6.07) is -0.776. The van der Waals surface area contributed by atoms with Gasteiger partial charge in [0.15, 0.2) is 0 Å². The lowest BCUT2D eigenvalue weighted by molar-refractivity contribution is -0.139. The zero-order valence-electron chi connectivity index (χ0n) is 12.2. The molecule has 0 bridgehead atoms. The zero-order chi connectivity index (χ0) is 15.1. The number of carboxylic acids is 1. The molecule has 1 aliphatic carbocycles. The third-order valence-corrected chi connectivity index (χ3v) is 4.87. The van der Waals surface area contributed by atoms with Crippen LogP contribution < -0.4 is 5.32 Å². The number of aliphatic carboxylic acids is 1. The van der Waals surface area contributed by atoms with Crippen LogP contribution in [0.15, 0.2) is 0 Å². The number of thiazole rings is 1. The summed E-state index contributed by atoms with van der Waals surface area (Å²) in [5.74, 6) is -1.21. The van der Waals surface area contributed by atoms with Crippen LogP contribution in [0, 0.1) is 12.8 Å². The van der Waals surface area contributed by atoms with Crippen LogP contribution in [-0.4, -0.2) is 28.0 Å². The normalized spacial score (nSPS) is 16.8. The number of hydrogen-bond donors (Lipinski definition) is 2. The van der Waals surface area contributed by atoms with Crippen LogP contribution in [0.1, 0.15) is 54.0 Å². The van der Waals surface area contributed by atoms with E-state index in [-0.39, 0.29) is 17.2 Å². The highest BCUT2D eigenvalue weighted by Crippen LogP contribution is 2.33. The Morgan fingerprint density at radius 3 is 2.40 bits per heavy atom. The lowest BCUT2D eigenvalue weighted by atomic mass is 9.98. The van der Waals surface area contributed by atoms with E-state index in [1.54, 1.807) is 6.92 Å². The zero-order valence-corrected chi connectivity index (χ0v) is 13.0. The predicted molar refractivity (Wildman–Crippen MR) is 77.2 cm³/mol. The van der Waals surface area contributed by atoms with Gasteiger partial charge in [-0.2, -0.15) is 0 Å². The molecule has 1 heterocycles. The number of rotatable bonds is 4. The average Bonchev–Trinajstić information content (AvgIpc) is 3.06. The fourth-order valence-electron chi connectivity index (χ4n) is 1.95. The molecule has 0 spiro atoms. The maximum absolute atomic E-state index is 12.2. The Kier molecular flexibility index (Phi) is 3.86. The molecule has 0 saturated heterocycles. The van der Waals surface area contributed by atoms with Crippen molar-refractivity contribution >= 4 is 23.2 Å². The topological polar surface area (TPSA) is 79.3 Å². The summed E-state index contributed by atoms with van der Waals surface area (Å²) in [5.41, 5.74) is 0.550. The van der Waals surface area contributed by atoms with Crippen molar-refractivity contribution in [2.75, 3.05) is 0 Å². The van der Waals surface area contributed by atoms with Gasteiger partial charge in [-0.15, -0.1) is 11.3 Å². The molecule has 1 aliphatic rings. The van der Waals surface area contributed by atoms with Crippen molar-refractivity contribution in [3.8, 4) is 0 Å². The average molecular weight is 296 g/mol. The fraction of sp³-hybridized carbons (Fsp3) is 0.643. The Hall–Kier alpha value is -1.43. The molecule has 1 fully saturated rings. The molecule has 0 aliphatic heterocycles. The van der Waals surface area contributed by atoms with Crippen molar-refractivity contribution in [3.05, 3.63) is 15.6 Å². The van der Waals surface area contributed by atoms with E-state index in [0.717, 1.165) is 17.8 Å². The van der Waals surface area contributed by atoms with E-state index in [1.165, 1.54) is 11.3 Å². The number of carboxylic acid groups (broad SMARTS) is 1. The minimum absolute atomic E-state index is 0.0757. The third kappa shape index (κ3) is 3.17. The summed E-state index contributed by atoms with van der Waals surface area (Å²) < 4.78 is 0. The number of carbonyl (C=O) groups is 2. The van der Waals surface area contributed by atoms with Crippen molar-refractivity contribution < 1.29 is 14.7 Å². The summed E-state index contributed by atoms with van der Waals surface area (Å²) in [7, 11) is 0. The minimum Gasteiger partial charge on any atom is -0.480 e. The lowest BCUT2D eigenvalue weighted by Crippen LogP contribution is -2.42. The summed E-state index contributed by atoms with van der Waals surface area (Å²) >= 11 is 1.34. The first kappa shape index (κ1) is 15.0. The van der Waals surface area contributed by atoms with Crippen molar-refractivity contribution in [2.24, 2.45) is 5.92 Å². The second-order valence-electron chi connectivity index (χ2n) is 6.31. The van der Waals surface area contributed by atoms with Gasteiger partial charge in [-0.3, -0.25) is 4.79 Å². The first-order valence-corrected chi connectivity index (χ1v) is 7.53. The SMILES string of the molecule is Cc1nc(C(C)(C)C)sc1C(=O)NC(C(=O)O)C1CC1. The second-order valence-corrected chi connectivity index (χ2v) is 7.31. The van der Waals surface area contributed by atoms with Crippen molar-refractivity contribution in [3.63, 3.8) is 0 Å². The first-order chi connectivity index (χ1) is 9.20. The van der Waals surface area contributed by atoms with Gasteiger partial charge < -0.3 is 10.4 Å². The Labute approximate surface area is 122 Å². The number of nitrogens with zero attached hydrogens (tertiary/aromatic N) is 1. The van der Waals surface area contributed by atoms with Gasteiger partial charge in [0, 0.05) is 5.41 Å². The van der Waals surface area contributed by atoms with Crippen LogP contribution in [0.5, 0.6) is 0 Å². The molecule has 0 radical (unpaired) electrons. The molecule has 1 aromatic rings. The molecule has 6 heteroatoms. The Bertz CT molecular complexity index is 541. The van der Waals surface area contributed by atoms with E-state index in [1.807, 2.05) is 20.8 Å². The molecule has 5 nitrogen and oxygen atoms in total. The van der Waals surface area contributed by atoms with Crippen LogP contribution >= 0.6 is 11.3 Å². The maximum Gasteiger partial charge on any atom is 0.326 e. The smallest absolute Gasteiger partial charge is 0.326 e. The second kappa shape index (κ2) is 5.16. The first-order valence-electron chi connectivity index (χ1n) is 6.71. The summed E-state index contributed by atoms with van der Waals surface area (Å²) in [6.45, 7) is 7.90. The van der Waals surface area contributed by atoms with Crippen LogP contribution in [0.25, 0.3) is 0 Å². The summed E-state index contributed by atoms with van der Waals surface area (Å²) in [6.07, 6.45) is 1.73. The Morgan fingerprint density at radius 2 is 2.00 bits per heavy atom. The van der Waals surface area contributed by atoms with E-state index in [9.17, 15) is 9.59 Å². The highest BCUT2D eigenvalue weighted by atomic mass is 32.1. The molecule has 1 saturated carbocycles. The summed E-state index contributed by atoms with van der Waals surface area (Å²) in [4.78, 5) is 28.4. The van der Waals surface area contributed by atoms with Gasteiger partial charge in [0.2, 0.25) is 0 Å². The predicted octanol–water partition coefficient (Wildman–Crippen LogP) is 2.34. The molecular weight excluding hydrogens is 276 g/mol. The summed E-state index contributed by atoms with van der Waals surface area (Å²) in [5, 5.41) is 12.7. The van der Waals surface area contributed by atoms with E-state index < -0.39 is 12.0 Å². The van der Waals surface area contributed by atoms with E-state index in [4.69, 9.17) is 5.11 Å². The quantitative estimate of drug-likeness (QED) is 0.894. The van der Waals surface area contributed by atoms with Crippen molar-refractivity contribution in [1.82, 2.24) is 10.3 Å². The van der Waals surface area contributed by atoms with Crippen LogP contribution in [0.3, 0.4) is 0 Å². The molecule has 1 atom stereocenters. The fourth-order valence-corrected chi connectivity index (χ4v) is 2.97. The standard InChI is InChI=1S/C14H20N2O3S/c1-7-10(20-13(15-7)14(2,3)4)11(17)16-9(12(18)19)8-5-6-8/h8-9H,5-6H2,1-4H3,(H,16,17)(H,18,19). The Morgan fingerprint density at radius 1 is 1.40 bits per heavy atom. The van der Waals surface area contributed by atoms with Gasteiger partial charge in [0.25, 0.3) is 5.91 Å². The van der Waals surface area contributed by atoms with Gasteiger partial charge >= 0.3 is 5.97 Å². The third-order valence-electron chi connectivity index (χ3n) is 3.29. The number of carbonyl (C=O) groups excluding carboxylic acids is 1. The van der Waals surface area contributed by atoms with Crippen LogP contribution in [-0.2, 0) is 10.2 Å². The van der Waals surface area contributed by atoms with Gasteiger partial charge in [-0.25, -0.2) is 9.78 Å². The van der Waals surface area contributed by atoms with E-state index in [0.29, 0.717) is 10.6 Å². The molecule has 1 unspecified atom stereocenters. The van der Waals surface area contributed by atoms with E-state index >= 15 is 0 Å². The van der Waals surface area contributed by atoms with Gasteiger partial charge in [-0.05, 0) is 25.7 Å². The number of aryl methyl sites for hydroxylation is 1. The monoisotopic (exact) mass is 296 g/mol. The molecule has 1 aromatic heterocycles. The lowest BCUT2D eigenvalue weighted by Gasteiger charge is -2.14. The number of amides is 1. The van der Waals surface area contributed by atoms with E-state index in [2.05, 4.69) is 10.3 Å². The van der Waals surface area contributed by atoms with Crippen molar-refractivity contribution in [1.29, 1.82) is 0 Å². The highest BCUT2D eigenvalue weighted by molar-refractivity contribution is 7.14. The number of hydrogen-bond acceptors (Lipinski definition) is 4. The maximum atomic E-state index is 12.2. The largest absolute Gasteiger partial charge is 0.480 e. The van der Waals surface area contributed by atoms with Crippen molar-refractivity contribution in [2.45, 2.75) is 52.0 Å². The molecule has 20 heavy (non-hydrogen) atoms. The van der Waals surface area contributed by atoms with Gasteiger partial charge in [0.1, 0.15) is 10.9 Å². The number of nitrogens with one attached hydrogen (secondary N) is 1. The van der Waals surface area contributed by atoms with Gasteiger partial charge in [-0.1, -0.05) is 20.8 Å². The van der Waals surface area contributed by atoms with Crippen LogP contribution in [0.4, 0.5) is 0 Å². The molecule has 110 valence electrons. The highest BCUT2D eigenvalue weighted by Gasteiger charge is 2.38.